The maximum absolute atomic E-state index is 15.4. The predicted octanol–water partition coefficient (Wildman–Crippen LogP) is 5.73. The van der Waals surface area contributed by atoms with Gasteiger partial charge in [-0.3, -0.25) is 4.90 Å². The van der Waals surface area contributed by atoms with Gasteiger partial charge in [0.05, 0.1) is 17.7 Å². The first-order valence-electron chi connectivity index (χ1n) is 12.2. The molecular formula is C29H25F3N4O2. The van der Waals surface area contributed by atoms with Crippen molar-refractivity contribution < 1.29 is 17.6 Å². The summed E-state index contributed by atoms with van der Waals surface area (Å²) in [6.45, 7) is 3.82. The van der Waals surface area contributed by atoms with Crippen LogP contribution in [0.1, 0.15) is 48.1 Å². The van der Waals surface area contributed by atoms with Gasteiger partial charge in [0, 0.05) is 30.6 Å². The number of nitriles is 1. The van der Waals surface area contributed by atoms with E-state index in [9.17, 15) is 18.8 Å². The second-order valence-corrected chi connectivity index (χ2v) is 10.1. The van der Waals surface area contributed by atoms with Gasteiger partial charge in [0.15, 0.2) is 0 Å². The van der Waals surface area contributed by atoms with Crippen LogP contribution in [-0.2, 0) is 0 Å². The molecule has 1 aromatic heterocycles. The molecule has 38 heavy (non-hydrogen) atoms. The van der Waals surface area contributed by atoms with E-state index in [-0.39, 0.29) is 17.9 Å². The van der Waals surface area contributed by atoms with Gasteiger partial charge in [-0.05, 0) is 72.9 Å². The normalized spacial score (nSPS) is 16.0. The highest BCUT2D eigenvalue weighted by Crippen LogP contribution is 2.45. The molecule has 0 saturated carbocycles. The van der Waals surface area contributed by atoms with Crippen LogP contribution in [0.4, 0.5) is 13.2 Å². The first-order chi connectivity index (χ1) is 18.1. The molecule has 1 aliphatic rings. The fourth-order valence-electron chi connectivity index (χ4n) is 5.50. The molecule has 5 rings (SSSR count). The minimum Gasteiger partial charge on any atom is -0.388 e. The number of alkyl halides is 1. The number of hydrogen-bond acceptors (Lipinski definition) is 5. The summed E-state index contributed by atoms with van der Waals surface area (Å²) >= 11 is 0. The lowest BCUT2D eigenvalue weighted by Gasteiger charge is -2.50. The van der Waals surface area contributed by atoms with E-state index in [1.807, 2.05) is 30.3 Å². The maximum atomic E-state index is 15.4. The Labute approximate surface area is 217 Å². The van der Waals surface area contributed by atoms with Crippen LogP contribution in [-0.4, -0.2) is 33.9 Å². The lowest BCUT2D eigenvalue weighted by molar-refractivity contribution is 0.00805. The van der Waals surface area contributed by atoms with Crippen LogP contribution in [0.5, 0.6) is 0 Å². The Balaban J connectivity index is 1.49. The van der Waals surface area contributed by atoms with Crippen LogP contribution in [0.2, 0.25) is 0 Å². The van der Waals surface area contributed by atoms with Gasteiger partial charge in [-0.2, -0.15) is 5.26 Å². The topological polar surface area (TPSA) is 85.9 Å². The number of hydrogen-bond donors (Lipinski definition) is 1. The van der Waals surface area contributed by atoms with Gasteiger partial charge < -0.3 is 4.42 Å². The Bertz CT molecular complexity index is 1520. The minimum atomic E-state index is -1.71. The Kier molecular flexibility index (Phi) is 6.67. The second-order valence-electron chi connectivity index (χ2n) is 10.1. The van der Waals surface area contributed by atoms with Crippen molar-refractivity contribution in [1.82, 2.24) is 15.1 Å². The number of H-pyrrole nitrogens is 1. The molecule has 0 unspecified atom stereocenters. The monoisotopic (exact) mass is 518 g/mol. The summed E-state index contributed by atoms with van der Waals surface area (Å²) < 4.78 is 48.6. The van der Waals surface area contributed by atoms with Crippen LogP contribution in [0.3, 0.4) is 0 Å². The molecule has 194 valence electrons. The molecule has 1 aliphatic heterocycles. The van der Waals surface area contributed by atoms with Crippen LogP contribution in [0.25, 0.3) is 11.5 Å². The molecule has 1 N–H and O–H groups in total. The molecule has 1 saturated heterocycles. The molecule has 4 aromatic rings. The average molecular weight is 519 g/mol. The van der Waals surface area contributed by atoms with Gasteiger partial charge in [-0.1, -0.05) is 24.3 Å². The second kappa shape index (κ2) is 9.95. The van der Waals surface area contributed by atoms with E-state index in [2.05, 4.69) is 21.2 Å². The summed E-state index contributed by atoms with van der Waals surface area (Å²) in [5, 5.41) is 15.4. The predicted molar refractivity (Wildman–Crippen MR) is 135 cm³/mol. The van der Waals surface area contributed by atoms with Crippen LogP contribution in [0.15, 0.2) is 75.9 Å². The van der Waals surface area contributed by atoms with E-state index >= 15 is 4.39 Å². The molecule has 0 spiro atoms. The van der Waals surface area contributed by atoms with E-state index < -0.39 is 29.0 Å². The van der Waals surface area contributed by atoms with Gasteiger partial charge in [0.25, 0.3) is 0 Å². The molecule has 9 heteroatoms. The van der Waals surface area contributed by atoms with E-state index in [0.717, 1.165) is 17.2 Å². The first-order valence-corrected chi connectivity index (χ1v) is 12.2. The maximum Gasteiger partial charge on any atom is 0.434 e. The third-order valence-corrected chi connectivity index (χ3v) is 7.00. The number of aromatic nitrogens is 2. The number of rotatable bonds is 7. The molecular weight excluding hydrogens is 493 g/mol. The van der Waals surface area contributed by atoms with Gasteiger partial charge >= 0.3 is 5.76 Å². The smallest absolute Gasteiger partial charge is 0.388 e. The minimum absolute atomic E-state index is 0.157. The standard InChI is InChI=1S/C29H25F3N4O2/c1-29(2,32)25(21-11-23(30)13-24(31)12-21)22-15-36(16-22)26(18-8-6-17(14-33)7-9-18)19-4-3-5-20(10-19)27-34-35-28(37)38-27/h3-13,22,25-26H,15-16H2,1-2H3,(H,35,37)/t25-,26+/m1/s1. The zero-order valence-corrected chi connectivity index (χ0v) is 20.8. The highest BCUT2D eigenvalue weighted by molar-refractivity contribution is 5.55. The number of nitrogens with zero attached hydrogens (tertiary/aromatic N) is 3. The SMILES string of the molecule is CC(C)(F)[C@H](c1cc(F)cc(F)c1)C1CN([C@@H](c2ccc(C#N)cc2)c2cccc(-c3n[nH]c(=O)o3)c2)C1. The molecule has 0 aliphatic carbocycles. The first kappa shape index (κ1) is 25.5. The van der Waals surface area contributed by atoms with E-state index in [1.54, 1.807) is 18.2 Å². The summed E-state index contributed by atoms with van der Waals surface area (Å²) in [7, 11) is 0. The van der Waals surface area contributed by atoms with Crippen molar-refractivity contribution in [3.63, 3.8) is 0 Å². The highest BCUT2D eigenvalue weighted by atomic mass is 19.1. The summed E-state index contributed by atoms with van der Waals surface area (Å²) in [6.07, 6.45) is 0. The van der Waals surface area contributed by atoms with Gasteiger partial charge in [-0.15, -0.1) is 5.10 Å². The summed E-state index contributed by atoms with van der Waals surface area (Å²) in [5.41, 5.74) is 1.51. The molecule has 2 heterocycles. The van der Waals surface area contributed by atoms with E-state index in [4.69, 9.17) is 4.42 Å². The van der Waals surface area contributed by atoms with Crippen molar-refractivity contribution in [1.29, 1.82) is 5.26 Å². The van der Waals surface area contributed by atoms with Gasteiger partial charge in [-0.25, -0.2) is 23.1 Å². The van der Waals surface area contributed by atoms with Crippen LogP contribution >= 0.6 is 0 Å². The number of benzene rings is 3. The number of aromatic amines is 1. The number of halogens is 3. The molecule has 0 bridgehead atoms. The van der Waals surface area contributed by atoms with Crippen LogP contribution < -0.4 is 5.76 Å². The van der Waals surface area contributed by atoms with Crippen molar-refractivity contribution in [2.24, 2.45) is 5.92 Å². The van der Waals surface area contributed by atoms with Gasteiger partial charge in [0.2, 0.25) is 5.89 Å². The molecule has 3 aromatic carbocycles. The third kappa shape index (κ3) is 5.13. The largest absolute Gasteiger partial charge is 0.434 e. The van der Waals surface area contributed by atoms with Crippen LogP contribution in [0, 0.1) is 28.9 Å². The zero-order valence-electron chi connectivity index (χ0n) is 20.8. The van der Waals surface area contributed by atoms with Crippen molar-refractivity contribution >= 4 is 0 Å². The summed E-state index contributed by atoms with van der Waals surface area (Å²) in [5.74, 6) is -2.87. The Hall–Kier alpha value is -4.16. The van der Waals surface area contributed by atoms with E-state index in [1.165, 1.54) is 26.0 Å². The lowest BCUT2D eigenvalue weighted by Crippen LogP contribution is -2.53. The van der Waals surface area contributed by atoms with Crippen molar-refractivity contribution in [3.05, 3.63) is 111 Å². The molecule has 0 amide bonds. The Morgan fingerprint density at radius 3 is 2.29 bits per heavy atom. The Morgan fingerprint density at radius 1 is 1.03 bits per heavy atom. The zero-order chi connectivity index (χ0) is 27.0. The average Bonchev–Trinajstić information content (AvgIpc) is 3.28. The van der Waals surface area contributed by atoms with Gasteiger partial charge in [0.1, 0.15) is 17.3 Å². The third-order valence-electron chi connectivity index (χ3n) is 7.00. The van der Waals surface area contributed by atoms with E-state index in [0.29, 0.717) is 29.8 Å². The van der Waals surface area contributed by atoms with Crippen molar-refractivity contribution in [2.45, 2.75) is 31.5 Å². The molecule has 2 atom stereocenters. The fourth-order valence-corrected chi connectivity index (χ4v) is 5.50. The highest BCUT2D eigenvalue weighted by Gasteiger charge is 2.45. The fraction of sp³-hybridized carbons (Fsp3) is 0.276. The number of likely N-dealkylation sites (tertiary alicyclic amines) is 1. The molecule has 1 fully saturated rings. The lowest BCUT2D eigenvalue weighted by atomic mass is 9.72. The molecule has 6 nitrogen and oxygen atoms in total. The summed E-state index contributed by atoms with van der Waals surface area (Å²) in [4.78, 5) is 13.6. The summed E-state index contributed by atoms with van der Waals surface area (Å²) in [6, 6.07) is 19.7. The van der Waals surface area contributed by atoms with Crippen molar-refractivity contribution in [2.75, 3.05) is 13.1 Å². The quantitative estimate of drug-likeness (QED) is 0.338. The molecule has 0 radical (unpaired) electrons. The Morgan fingerprint density at radius 2 is 1.71 bits per heavy atom. The van der Waals surface area contributed by atoms with Crippen molar-refractivity contribution in [3.8, 4) is 17.5 Å². The number of nitrogens with one attached hydrogen (secondary N) is 1.